The number of allylic oxidation sites excluding steroid dienone is 1. The molecule has 0 spiro atoms. The molecule has 0 saturated carbocycles. The smallest absolute Gasteiger partial charge is 0.250 e. The van der Waals surface area contributed by atoms with E-state index < -0.39 is 0 Å². The number of carbonyl (C=O) groups is 1. The number of carbonyl (C=O) groups excluding carboxylic acids is 1. The van der Waals surface area contributed by atoms with Crippen LogP contribution in [0.2, 0.25) is 0 Å². The molecule has 0 bridgehead atoms. The Kier molecular flexibility index (Phi) is 9.50. The molecule has 1 amide bonds. The first-order valence-electron chi connectivity index (χ1n) is 11.2. The van der Waals surface area contributed by atoms with Gasteiger partial charge in [-0.15, -0.1) is 10.2 Å². The van der Waals surface area contributed by atoms with E-state index in [1.165, 1.54) is 18.0 Å². The number of anilines is 1. The molecule has 0 saturated heterocycles. The minimum absolute atomic E-state index is 0.107. The molecular weight excluding hydrogens is 528 g/mol. The molecule has 1 heterocycles. The van der Waals surface area contributed by atoms with E-state index in [9.17, 15) is 9.90 Å². The van der Waals surface area contributed by atoms with Crippen LogP contribution >= 0.6 is 27.7 Å². The van der Waals surface area contributed by atoms with Gasteiger partial charge in [0.1, 0.15) is 5.75 Å². The summed E-state index contributed by atoms with van der Waals surface area (Å²) >= 11 is 4.72. The highest BCUT2D eigenvalue weighted by Gasteiger charge is 2.16. The maximum absolute atomic E-state index is 12.4. The van der Waals surface area contributed by atoms with Gasteiger partial charge in [0.25, 0.3) is 5.91 Å². The molecule has 0 aliphatic rings. The highest BCUT2D eigenvalue weighted by molar-refractivity contribution is 9.10. The van der Waals surface area contributed by atoms with Gasteiger partial charge in [0.15, 0.2) is 11.0 Å². The fraction of sp³-hybridized carbons (Fsp3) is 0.280. The van der Waals surface area contributed by atoms with Crippen molar-refractivity contribution in [3.63, 3.8) is 0 Å². The van der Waals surface area contributed by atoms with Crippen LogP contribution in [0.3, 0.4) is 0 Å². The minimum atomic E-state index is -0.291. The van der Waals surface area contributed by atoms with Crippen LogP contribution in [-0.4, -0.2) is 50.8 Å². The molecule has 3 rings (SSSR count). The third kappa shape index (κ3) is 7.19. The van der Waals surface area contributed by atoms with Crippen LogP contribution in [-0.2, 0) is 11.3 Å². The molecule has 10 heteroatoms. The number of amides is 1. The minimum Gasteiger partial charge on any atom is -0.507 e. The van der Waals surface area contributed by atoms with Crippen molar-refractivity contribution in [2.24, 2.45) is 5.10 Å². The van der Waals surface area contributed by atoms with Crippen molar-refractivity contribution in [3.8, 4) is 17.1 Å². The maximum atomic E-state index is 12.4. The molecule has 2 N–H and O–H groups in total. The van der Waals surface area contributed by atoms with E-state index in [1.807, 2.05) is 41.8 Å². The van der Waals surface area contributed by atoms with Gasteiger partial charge in [-0.2, -0.15) is 5.10 Å². The Morgan fingerprint density at radius 2 is 1.94 bits per heavy atom. The number of phenols is 1. The lowest BCUT2D eigenvalue weighted by molar-refractivity contribution is -0.118. The fourth-order valence-corrected chi connectivity index (χ4v) is 4.38. The number of hydrazone groups is 1. The molecule has 0 aliphatic heterocycles. The third-order valence-corrected chi connectivity index (χ3v) is 6.61. The average Bonchev–Trinajstić information content (AvgIpc) is 3.22. The third-order valence-electron chi connectivity index (χ3n) is 5.12. The zero-order chi connectivity index (χ0) is 25.4. The number of hydrogen-bond donors (Lipinski definition) is 2. The first-order valence-corrected chi connectivity index (χ1v) is 13.0. The van der Waals surface area contributed by atoms with E-state index in [2.05, 4.69) is 62.0 Å². The van der Waals surface area contributed by atoms with E-state index in [1.54, 1.807) is 12.1 Å². The number of thioether (sulfide) groups is 1. The Balaban J connectivity index is 1.63. The first-order chi connectivity index (χ1) is 16.8. The van der Waals surface area contributed by atoms with Crippen molar-refractivity contribution in [1.29, 1.82) is 0 Å². The van der Waals surface area contributed by atoms with Crippen LogP contribution in [0.15, 0.2) is 69.3 Å². The second-order valence-electron chi connectivity index (χ2n) is 7.85. The van der Waals surface area contributed by atoms with Gasteiger partial charge in [0.2, 0.25) is 0 Å². The molecule has 3 aromatic rings. The molecule has 0 unspecified atom stereocenters. The van der Waals surface area contributed by atoms with E-state index in [4.69, 9.17) is 0 Å². The normalized spacial score (nSPS) is 11.1. The zero-order valence-electron chi connectivity index (χ0n) is 20.0. The summed E-state index contributed by atoms with van der Waals surface area (Å²) in [5.41, 5.74) is 5.84. The van der Waals surface area contributed by atoms with Crippen LogP contribution < -0.4 is 10.3 Å². The molecule has 2 aromatic carbocycles. The number of phenolic OH excluding ortho intramolecular Hbond substituents is 1. The SMILES string of the molecule is C=C(C)Cn1c(SCC(=O)N/N=C/c2ccc(N(CC)CC)cc2O)nnc1-c1ccc(Br)cc1. The molecular formula is C25H29BrN6O2S. The molecule has 184 valence electrons. The molecule has 0 atom stereocenters. The molecule has 0 fully saturated rings. The number of aromatic hydroxyl groups is 1. The first kappa shape index (κ1) is 26.5. The Bertz CT molecular complexity index is 1210. The quantitative estimate of drug-likeness (QED) is 0.148. The second kappa shape index (κ2) is 12.6. The highest BCUT2D eigenvalue weighted by Crippen LogP contribution is 2.26. The maximum Gasteiger partial charge on any atom is 0.250 e. The van der Waals surface area contributed by atoms with Crippen molar-refractivity contribution in [1.82, 2.24) is 20.2 Å². The van der Waals surface area contributed by atoms with Gasteiger partial charge in [0, 0.05) is 47.0 Å². The number of halogens is 1. The fourth-order valence-electron chi connectivity index (χ4n) is 3.38. The number of nitrogens with one attached hydrogen (secondary N) is 1. The lowest BCUT2D eigenvalue weighted by Gasteiger charge is -2.21. The van der Waals surface area contributed by atoms with E-state index in [-0.39, 0.29) is 17.4 Å². The van der Waals surface area contributed by atoms with Gasteiger partial charge in [0.05, 0.1) is 12.0 Å². The summed E-state index contributed by atoms with van der Waals surface area (Å²) in [6.45, 7) is 12.3. The van der Waals surface area contributed by atoms with Gasteiger partial charge >= 0.3 is 0 Å². The number of benzene rings is 2. The van der Waals surface area contributed by atoms with E-state index in [0.29, 0.717) is 23.1 Å². The van der Waals surface area contributed by atoms with Crippen molar-refractivity contribution in [2.75, 3.05) is 23.7 Å². The van der Waals surface area contributed by atoms with Crippen LogP contribution in [0.4, 0.5) is 5.69 Å². The summed E-state index contributed by atoms with van der Waals surface area (Å²) in [5.74, 6) is 0.638. The predicted molar refractivity (Wildman–Crippen MR) is 146 cm³/mol. The number of nitrogens with zero attached hydrogens (tertiary/aromatic N) is 5. The summed E-state index contributed by atoms with van der Waals surface area (Å²) in [7, 11) is 0. The largest absolute Gasteiger partial charge is 0.507 e. The lowest BCUT2D eigenvalue weighted by Crippen LogP contribution is -2.21. The zero-order valence-corrected chi connectivity index (χ0v) is 22.4. The van der Waals surface area contributed by atoms with Gasteiger partial charge in [-0.3, -0.25) is 9.36 Å². The van der Waals surface area contributed by atoms with Crippen molar-refractivity contribution >= 4 is 45.5 Å². The summed E-state index contributed by atoms with van der Waals surface area (Å²) in [6.07, 6.45) is 1.43. The van der Waals surface area contributed by atoms with Crippen molar-refractivity contribution in [2.45, 2.75) is 32.5 Å². The van der Waals surface area contributed by atoms with Crippen molar-refractivity contribution in [3.05, 3.63) is 64.7 Å². The Morgan fingerprint density at radius 1 is 1.23 bits per heavy atom. The van der Waals surface area contributed by atoms with Crippen LogP contribution in [0.1, 0.15) is 26.3 Å². The van der Waals surface area contributed by atoms with E-state index >= 15 is 0 Å². The monoisotopic (exact) mass is 556 g/mol. The van der Waals surface area contributed by atoms with Crippen LogP contribution in [0.25, 0.3) is 11.4 Å². The van der Waals surface area contributed by atoms with E-state index in [0.717, 1.165) is 34.4 Å². The second-order valence-corrected chi connectivity index (χ2v) is 9.71. The topological polar surface area (TPSA) is 95.6 Å². The number of hydrogen-bond acceptors (Lipinski definition) is 7. The summed E-state index contributed by atoms with van der Waals surface area (Å²) in [5, 5.41) is 23.5. The van der Waals surface area contributed by atoms with Gasteiger partial charge in [-0.1, -0.05) is 52.0 Å². The average molecular weight is 558 g/mol. The summed E-state index contributed by atoms with van der Waals surface area (Å²) in [4.78, 5) is 14.5. The lowest BCUT2D eigenvalue weighted by atomic mass is 10.2. The molecule has 8 nitrogen and oxygen atoms in total. The highest BCUT2D eigenvalue weighted by atomic mass is 79.9. The van der Waals surface area contributed by atoms with Gasteiger partial charge in [-0.25, -0.2) is 5.43 Å². The molecule has 1 aromatic heterocycles. The van der Waals surface area contributed by atoms with Crippen molar-refractivity contribution < 1.29 is 9.90 Å². The Labute approximate surface area is 218 Å². The standard InChI is InChI=1S/C25H29BrN6O2S/c1-5-31(6-2)21-12-9-19(22(33)13-21)14-27-28-23(34)16-35-25-30-29-24(32(25)15-17(3)4)18-7-10-20(26)11-8-18/h7-14,33H,3,5-6,15-16H2,1-2,4H3,(H,28,34)/b27-14+. The molecule has 0 aliphatic carbocycles. The molecule has 35 heavy (non-hydrogen) atoms. The van der Waals surface area contributed by atoms with Crippen LogP contribution in [0.5, 0.6) is 5.75 Å². The number of rotatable bonds is 11. The van der Waals surface area contributed by atoms with Crippen LogP contribution in [0, 0.1) is 0 Å². The summed E-state index contributed by atoms with van der Waals surface area (Å²) in [6, 6.07) is 13.2. The Morgan fingerprint density at radius 3 is 2.57 bits per heavy atom. The summed E-state index contributed by atoms with van der Waals surface area (Å²) < 4.78 is 2.93. The van der Waals surface area contributed by atoms with Gasteiger partial charge in [-0.05, 0) is 45.0 Å². The Hall–Kier alpha value is -3.11. The predicted octanol–water partition coefficient (Wildman–Crippen LogP) is 5.08. The number of aromatic nitrogens is 3. The molecule has 0 radical (unpaired) electrons. The van der Waals surface area contributed by atoms with Gasteiger partial charge < -0.3 is 10.0 Å².